The van der Waals surface area contributed by atoms with E-state index in [1.54, 1.807) is 0 Å². The second-order valence-corrected chi connectivity index (χ2v) is 6.14. The normalized spacial score (nSPS) is 13.9. The standard InChI is InChI=1S/C15H29N3/c1-8-13(10-16-15(5,6)7)18-12(4)14(9-2)11(3)17-18/h13,16H,8-10H2,1-7H3. The van der Waals surface area contributed by atoms with Crippen LogP contribution in [0.25, 0.3) is 0 Å². The van der Waals surface area contributed by atoms with Crippen molar-refractivity contribution < 1.29 is 0 Å². The van der Waals surface area contributed by atoms with Crippen LogP contribution in [-0.2, 0) is 6.42 Å². The van der Waals surface area contributed by atoms with Gasteiger partial charge in [-0.15, -0.1) is 0 Å². The average Bonchev–Trinajstić information content (AvgIpc) is 2.54. The fraction of sp³-hybridized carbons (Fsp3) is 0.800. The quantitative estimate of drug-likeness (QED) is 0.869. The molecular weight excluding hydrogens is 222 g/mol. The summed E-state index contributed by atoms with van der Waals surface area (Å²) in [6.07, 6.45) is 2.18. The zero-order chi connectivity index (χ0) is 13.9. The molecular formula is C15H29N3. The van der Waals surface area contributed by atoms with Gasteiger partial charge in [0.2, 0.25) is 0 Å². The first-order chi connectivity index (χ1) is 8.30. The van der Waals surface area contributed by atoms with Gasteiger partial charge < -0.3 is 5.32 Å². The minimum Gasteiger partial charge on any atom is -0.310 e. The Morgan fingerprint density at radius 2 is 1.83 bits per heavy atom. The predicted octanol–water partition coefficient (Wildman–Crippen LogP) is 3.40. The van der Waals surface area contributed by atoms with Crippen LogP contribution in [0, 0.1) is 13.8 Å². The van der Waals surface area contributed by atoms with Crippen LogP contribution >= 0.6 is 0 Å². The maximum Gasteiger partial charge on any atom is 0.0644 e. The summed E-state index contributed by atoms with van der Waals surface area (Å²) in [5.74, 6) is 0. The molecule has 0 aliphatic rings. The van der Waals surface area contributed by atoms with Crippen molar-refractivity contribution in [1.29, 1.82) is 0 Å². The minimum absolute atomic E-state index is 0.164. The van der Waals surface area contributed by atoms with Crippen molar-refractivity contribution in [2.45, 2.75) is 72.9 Å². The Morgan fingerprint density at radius 1 is 1.22 bits per heavy atom. The number of nitrogens with one attached hydrogen (secondary N) is 1. The number of nitrogens with zero attached hydrogens (tertiary/aromatic N) is 2. The maximum absolute atomic E-state index is 4.73. The van der Waals surface area contributed by atoms with Crippen LogP contribution in [-0.4, -0.2) is 21.9 Å². The Morgan fingerprint density at radius 3 is 2.22 bits per heavy atom. The van der Waals surface area contributed by atoms with Gasteiger partial charge in [0.25, 0.3) is 0 Å². The fourth-order valence-electron chi connectivity index (χ4n) is 2.39. The number of rotatable bonds is 5. The molecule has 0 saturated heterocycles. The molecule has 1 rings (SSSR count). The lowest BCUT2D eigenvalue weighted by Gasteiger charge is -2.25. The molecule has 0 fully saturated rings. The second kappa shape index (κ2) is 5.87. The van der Waals surface area contributed by atoms with Gasteiger partial charge in [0.1, 0.15) is 0 Å². The van der Waals surface area contributed by atoms with E-state index in [0.29, 0.717) is 6.04 Å². The maximum atomic E-state index is 4.73. The molecule has 1 heterocycles. The summed E-state index contributed by atoms with van der Waals surface area (Å²) in [4.78, 5) is 0. The lowest BCUT2D eigenvalue weighted by molar-refractivity contribution is 0.341. The summed E-state index contributed by atoms with van der Waals surface area (Å²) in [6.45, 7) is 16.3. The molecule has 0 spiro atoms. The molecule has 0 bridgehead atoms. The minimum atomic E-state index is 0.164. The Hall–Kier alpha value is -0.830. The van der Waals surface area contributed by atoms with Crippen molar-refractivity contribution in [1.82, 2.24) is 15.1 Å². The van der Waals surface area contributed by atoms with Crippen LogP contribution in [0.5, 0.6) is 0 Å². The van der Waals surface area contributed by atoms with Crippen molar-refractivity contribution >= 4 is 0 Å². The molecule has 1 N–H and O–H groups in total. The van der Waals surface area contributed by atoms with E-state index in [1.807, 2.05) is 0 Å². The highest BCUT2D eigenvalue weighted by Gasteiger charge is 2.18. The summed E-state index contributed by atoms with van der Waals surface area (Å²) in [7, 11) is 0. The van der Waals surface area contributed by atoms with E-state index < -0.39 is 0 Å². The van der Waals surface area contributed by atoms with Crippen LogP contribution in [0.15, 0.2) is 0 Å². The highest BCUT2D eigenvalue weighted by Crippen LogP contribution is 2.20. The van der Waals surface area contributed by atoms with Gasteiger partial charge >= 0.3 is 0 Å². The summed E-state index contributed by atoms with van der Waals surface area (Å²) < 4.78 is 2.22. The van der Waals surface area contributed by atoms with Gasteiger partial charge in [-0.1, -0.05) is 13.8 Å². The SMILES string of the molecule is CCc1c(C)nn(C(CC)CNC(C)(C)C)c1C. The van der Waals surface area contributed by atoms with Gasteiger partial charge in [-0.25, -0.2) is 0 Å². The van der Waals surface area contributed by atoms with Gasteiger partial charge in [-0.2, -0.15) is 5.10 Å². The van der Waals surface area contributed by atoms with Crippen LogP contribution in [0.2, 0.25) is 0 Å². The first kappa shape index (κ1) is 15.2. The number of hydrogen-bond acceptors (Lipinski definition) is 2. The Bertz CT molecular complexity index is 385. The third-order valence-corrected chi connectivity index (χ3v) is 3.51. The molecule has 1 aromatic heterocycles. The third kappa shape index (κ3) is 3.58. The van der Waals surface area contributed by atoms with E-state index in [4.69, 9.17) is 5.10 Å². The lowest BCUT2D eigenvalue weighted by atomic mass is 10.1. The summed E-state index contributed by atoms with van der Waals surface area (Å²) >= 11 is 0. The van der Waals surface area contributed by atoms with Crippen molar-refractivity contribution in [3.63, 3.8) is 0 Å². The van der Waals surface area contributed by atoms with Crippen LogP contribution in [0.3, 0.4) is 0 Å². The van der Waals surface area contributed by atoms with E-state index >= 15 is 0 Å². The van der Waals surface area contributed by atoms with Crippen molar-refractivity contribution in [3.05, 3.63) is 17.0 Å². The smallest absolute Gasteiger partial charge is 0.0644 e. The zero-order valence-electron chi connectivity index (χ0n) is 13.1. The molecule has 0 aromatic carbocycles. The van der Waals surface area contributed by atoms with Gasteiger partial charge in [-0.05, 0) is 53.0 Å². The summed E-state index contributed by atoms with van der Waals surface area (Å²) in [5, 5.41) is 8.31. The third-order valence-electron chi connectivity index (χ3n) is 3.51. The Balaban J connectivity index is 2.89. The first-order valence-corrected chi connectivity index (χ1v) is 7.09. The summed E-state index contributed by atoms with van der Waals surface area (Å²) in [5.41, 5.74) is 4.09. The molecule has 0 aliphatic heterocycles. The molecule has 3 heteroatoms. The van der Waals surface area contributed by atoms with Crippen LogP contribution in [0.4, 0.5) is 0 Å². The van der Waals surface area contributed by atoms with E-state index in [2.05, 4.69) is 58.5 Å². The lowest BCUT2D eigenvalue weighted by Crippen LogP contribution is -2.40. The molecule has 0 aliphatic carbocycles. The van der Waals surface area contributed by atoms with Crippen molar-refractivity contribution in [3.8, 4) is 0 Å². The average molecular weight is 251 g/mol. The zero-order valence-corrected chi connectivity index (χ0v) is 13.1. The van der Waals surface area contributed by atoms with Crippen molar-refractivity contribution in [2.75, 3.05) is 6.54 Å². The van der Waals surface area contributed by atoms with E-state index in [-0.39, 0.29) is 5.54 Å². The molecule has 18 heavy (non-hydrogen) atoms. The number of hydrogen-bond donors (Lipinski definition) is 1. The summed E-state index contributed by atoms with van der Waals surface area (Å²) in [6, 6.07) is 0.447. The largest absolute Gasteiger partial charge is 0.310 e. The molecule has 3 nitrogen and oxygen atoms in total. The molecule has 0 saturated carbocycles. The van der Waals surface area contributed by atoms with Crippen LogP contribution < -0.4 is 5.32 Å². The molecule has 0 amide bonds. The predicted molar refractivity (Wildman–Crippen MR) is 78.2 cm³/mol. The fourth-order valence-corrected chi connectivity index (χ4v) is 2.39. The number of aromatic nitrogens is 2. The van der Waals surface area contributed by atoms with Crippen LogP contribution in [0.1, 0.15) is 64.0 Å². The van der Waals surface area contributed by atoms with E-state index in [0.717, 1.165) is 19.4 Å². The molecule has 104 valence electrons. The van der Waals surface area contributed by atoms with E-state index in [1.165, 1.54) is 17.0 Å². The van der Waals surface area contributed by atoms with Gasteiger partial charge in [-0.3, -0.25) is 4.68 Å². The number of aryl methyl sites for hydroxylation is 1. The molecule has 1 unspecified atom stereocenters. The first-order valence-electron chi connectivity index (χ1n) is 7.09. The van der Waals surface area contributed by atoms with Gasteiger partial charge in [0.15, 0.2) is 0 Å². The molecule has 1 atom stereocenters. The highest BCUT2D eigenvalue weighted by atomic mass is 15.3. The second-order valence-electron chi connectivity index (χ2n) is 6.14. The molecule has 0 radical (unpaired) electrons. The molecule has 1 aromatic rings. The van der Waals surface area contributed by atoms with Crippen molar-refractivity contribution in [2.24, 2.45) is 0 Å². The Kier molecular flexibility index (Phi) is 4.97. The van der Waals surface area contributed by atoms with Gasteiger partial charge in [0, 0.05) is 17.8 Å². The van der Waals surface area contributed by atoms with Gasteiger partial charge in [0.05, 0.1) is 11.7 Å². The Labute approximate surface area is 112 Å². The van der Waals surface area contributed by atoms with E-state index in [9.17, 15) is 0 Å². The monoisotopic (exact) mass is 251 g/mol. The topological polar surface area (TPSA) is 29.9 Å². The highest BCUT2D eigenvalue weighted by molar-refractivity contribution is 5.24.